The molecule has 174 valence electrons. The number of carbonyl (C=O) groups excluding carboxylic acids is 2. The minimum atomic E-state index is -0.831. The molecular formula is C24H19Cl2N3O5. The number of likely N-dealkylation sites (tertiary alicyclic amines) is 1. The van der Waals surface area contributed by atoms with Crippen LogP contribution in [0.3, 0.4) is 0 Å². The Hall–Kier alpha value is -3.49. The van der Waals surface area contributed by atoms with Gasteiger partial charge in [-0.15, -0.1) is 0 Å². The van der Waals surface area contributed by atoms with Crippen molar-refractivity contribution >= 4 is 40.7 Å². The predicted molar refractivity (Wildman–Crippen MR) is 125 cm³/mol. The molecule has 1 aromatic heterocycles. The Morgan fingerprint density at radius 3 is 2.65 bits per heavy atom. The van der Waals surface area contributed by atoms with E-state index in [1.54, 1.807) is 48.9 Å². The Bertz CT molecular complexity index is 1310. The summed E-state index contributed by atoms with van der Waals surface area (Å²) in [5, 5.41) is 11.8. The van der Waals surface area contributed by atoms with Crippen molar-refractivity contribution in [3.8, 4) is 11.5 Å². The monoisotopic (exact) mass is 499 g/mol. The lowest BCUT2D eigenvalue weighted by atomic mass is 9.95. The van der Waals surface area contributed by atoms with Gasteiger partial charge in [-0.3, -0.25) is 9.59 Å². The highest BCUT2D eigenvalue weighted by Gasteiger charge is 2.46. The number of hydrogen-bond acceptors (Lipinski definition) is 6. The second-order valence-corrected chi connectivity index (χ2v) is 8.70. The van der Waals surface area contributed by atoms with E-state index in [9.17, 15) is 14.7 Å². The summed E-state index contributed by atoms with van der Waals surface area (Å²) >= 11 is 12.3. The number of rotatable bonds is 6. The Balaban J connectivity index is 1.55. The van der Waals surface area contributed by atoms with Gasteiger partial charge < -0.3 is 24.0 Å². The zero-order valence-corrected chi connectivity index (χ0v) is 19.3. The maximum atomic E-state index is 13.2. The van der Waals surface area contributed by atoms with Crippen LogP contribution in [0.2, 0.25) is 10.0 Å². The van der Waals surface area contributed by atoms with Crippen LogP contribution >= 0.6 is 23.2 Å². The van der Waals surface area contributed by atoms with Gasteiger partial charge in [0.2, 0.25) is 6.79 Å². The Labute approximate surface area is 204 Å². The Kier molecular flexibility index (Phi) is 5.93. The van der Waals surface area contributed by atoms with E-state index in [0.29, 0.717) is 40.6 Å². The first-order chi connectivity index (χ1) is 16.4. The summed E-state index contributed by atoms with van der Waals surface area (Å²) in [6.07, 6.45) is 5.76. The van der Waals surface area contributed by atoms with E-state index in [0.717, 1.165) is 0 Å². The highest BCUT2D eigenvalue weighted by molar-refractivity contribution is 6.46. The largest absolute Gasteiger partial charge is 0.507 e. The molecule has 0 saturated carbocycles. The smallest absolute Gasteiger partial charge is 0.295 e. The average Bonchev–Trinajstić information content (AvgIpc) is 3.57. The van der Waals surface area contributed by atoms with Gasteiger partial charge >= 0.3 is 0 Å². The standard InChI is InChI=1S/C24H19Cl2N3O5/c25-16-4-2-14(10-17(16)26)21-20(22(30)15-3-5-18-19(11-15)34-13-33-18)23(31)24(32)29(21)8-1-7-28-9-6-27-12-28/h2-6,9-12,21,30H,1,7-8,13H2. The molecule has 0 spiro atoms. The van der Waals surface area contributed by atoms with Gasteiger partial charge in [-0.2, -0.15) is 0 Å². The van der Waals surface area contributed by atoms with Crippen molar-refractivity contribution in [1.82, 2.24) is 14.5 Å². The van der Waals surface area contributed by atoms with Crippen LogP contribution in [0.15, 0.2) is 60.7 Å². The van der Waals surface area contributed by atoms with E-state index >= 15 is 0 Å². The van der Waals surface area contributed by atoms with Gasteiger partial charge in [-0.1, -0.05) is 29.3 Å². The average molecular weight is 500 g/mol. The van der Waals surface area contributed by atoms with Crippen LogP contribution in [-0.2, 0) is 16.1 Å². The third-order valence-corrected chi connectivity index (χ3v) is 6.56. The molecule has 34 heavy (non-hydrogen) atoms. The fourth-order valence-corrected chi connectivity index (χ4v) is 4.49. The number of nitrogens with zero attached hydrogens (tertiary/aromatic N) is 3. The number of carbonyl (C=O) groups is 2. The molecule has 3 heterocycles. The van der Waals surface area contributed by atoms with Gasteiger partial charge in [0, 0.05) is 31.0 Å². The van der Waals surface area contributed by atoms with Crippen molar-refractivity contribution in [1.29, 1.82) is 0 Å². The van der Waals surface area contributed by atoms with Gasteiger partial charge in [0.1, 0.15) is 5.76 Å². The molecule has 0 radical (unpaired) electrons. The summed E-state index contributed by atoms with van der Waals surface area (Å²) in [7, 11) is 0. The van der Waals surface area contributed by atoms with Crippen LogP contribution in [0.5, 0.6) is 11.5 Å². The third kappa shape index (κ3) is 3.99. The molecular weight excluding hydrogens is 481 g/mol. The van der Waals surface area contributed by atoms with E-state index in [1.807, 2.05) is 10.8 Å². The zero-order chi connectivity index (χ0) is 23.8. The third-order valence-electron chi connectivity index (χ3n) is 5.82. The van der Waals surface area contributed by atoms with E-state index in [1.165, 1.54) is 4.90 Å². The van der Waals surface area contributed by atoms with Crippen molar-refractivity contribution in [2.75, 3.05) is 13.3 Å². The van der Waals surface area contributed by atoms with Crippen LogP contribution in [-0.4, -0.2) is 44.6 Å². The summed E-state index contributed by atoms with van der Waals surface area (Å²) < 4.78 is 12.6. The van der Waals surface area contributed by atoms with Crippen molar-refractivity contribution in [3.05, 3.63) is 81.9 Å². The molecule has 1 N–H and O–H groups in total. The van der Waals surface area contributed by atoms with E-state index in [-0.39, 0.29) is 29.7 Å². The Morgan fingerprint density at radius 2 is 1.88 bits per heavy atom. The van der Waals surface area contributed by atoms with Crippen molar-refractivity contribution in [3.63, 3.8) is 0 Å². The molecule has 2 aromatic carbocycles. The van der Waals surface area contributed by atoms with E-state index < -0.39 is 17.7 Å². The number of amides is 1. The molecule has 0 bridgehead atoms. The first kappa shape index (κ1) is 22.3. The molecule has 3 aromatic rings. The topological polar surface area (TPSA) is 93.9 Å². The second-order valence-electron chi connectivity index (χ2n) is 7.89. The number of halogens is 2. The number of hydrogen-bond donors (Lipinski definition) is 1. The van der Waals surface area contributed by atoms with Crippen LogP contribution in [0.1, 0.15) is 23.6 Å². The number of aliphatic hydroxyl groups is 1. The van der Waals surface area contributed by atoms with Gasteiger partial charge in [0.25, 0.3) is 11.7 Å². The normalized spacial score (nSPS) is 18.6. The quantitative estimate of drug-likeness (QED) is 0.306. The number of aliphatic hydroxyl groups excluding tert-OH is 1. The first-order valence-electron chi connectivity index (χ1n) is 10.5. The molecule has 1 amide bonds. The highest BCUT2D eigenvalue weighted by Crippen LogP contribution is 2.42. The number of benzene rings is 2. The predicted octanol–water partition coefficient (Wildman–Crippen LogP) is 4.43. The number of ketones is 1. The lowest BCUT2D eigenvalue weighted by Crippen LogP contribution is -2.31. The number of aryl methyl sites for hydroxylation is 1. The highest BCUT2D eigenvalue weighted by atomic mass is 35.5. The van der Waals surface area contributed by atoms with Gasteiger partial charge in [0.05, 0.1) is 28.0 Å². The van der Waals surface area contributed by atoms with Crippen molar-refractivity contribution < 1.29 is 24.2 Å². The second kappa shape index (κ2) is 9.04. The number of fused-ring (bicyclic) bond motifs is 1. The molecule has 10 heteroatoms. The lowest BCUT2D eigenvalue weighted by Gasteiger charge is -2.25. The maximum Gasteiger partial charge on any atom is 0.295 e. The summed E-state index contributed by atoms with van der Waals surface area (Å²) in [5.74, 6) is -0.773. The first-order valence-corrected chi connectivity index (χ1v) is 11.3. The summed E-state index contributed by atoms with van der Waals surface area (Å²) in [6.45, 7) is 0.967. The number of imidazole rings is 1. The van der Waals surface area contributed by atoms with Crippen LogP contribution < -0.4 is 9.47 Å². The molecule has 1 atom stereocenters. The molecule has 0 aliphatic carbocycles. The fourth-order valence-electron chi connectivity index (χ4n) is 4.18. The SMILES string of the molecule is O=C1C(=O)N(CCCn2ccnc2)C(c2ccc(Cl)c(Cl)c2)C1=C(O)c1ccc2c(c1)OCO2. The van der Waals surface area contributed by atoms with Crippen LogP contribution in [0.25, 0.3) is 5.76 Å². The van der Waals surface area contributed by atoms with Crippen molar-refractivity contribution in [2.45, 2.75) is 19.0 Å². The molecule has 5 rings (SSSR count). The van der Waals surface area contributed by atoms with Gasteiger partial charge in [-0.05, 0) is 42.3 Å². The Morgan fingerprint density at radius 1 is 1.06 bits per heavy atom. The number of Topliss-reactive ketones (excluding diaryl/α,β-unsaturated/α-hetero) is 1. The van der Waals surface area contributed by atoms with Gasteiger partial charge in [-0.25, -0.2) is 4.98 Å². The van der Waals surface area contributed by atoms with Crippen LogP contribution in [0, 0.1) is 0 Å². The molecule has 1 fully saturated rings. The van der Waals surface area contributed by atoms with Crippen molar-refractivity contribution in [2.24, 2.45) is 0 Å². The molecule has 2 aliphatic heterocycles. The molecule has 8 nitrogen and oxygen atoms in total. The lowest BCUT2D eigenvalue weighted by molar-refractivity contribution is -0.139. The minimum absolute atomic E-state index is 0.0233. The summed E-state index contributed by atoms with van der Waals surface area (Å²) in [4.78, 5) is 31.7. The number of aromatic nitrogens is 2. The molecule has 1 saturated heterocycles. The molecule has 1 unspecified atom stereocenters. The summed E-state index contributed by atoms with van der Waals surface area (Å²) in [6, 6.07) is 8.91. The van der Waals surface area contributed by atoms with Crippen LogP contribution in [0.4, 0.5) is 0 Å². The zero-order valence-electron chi connectivity index (χ0n) is 17.8. The van der Waals surface area contributed by atoms with E-state index in [2.05, 4.69) is 4.98 Å². The summed E-state index contributed by atoms with van der Waals surface area (Å²) in [5.41, 5.74) is 0.883. The van der Waals surface area contributed by atoms with E-state index in [4.69, 9.17) is 32.7 Å². The van der Waals surface area contributed by atoms with Gasteiger partial charge in [0.15, 0.2) is 11.5 Å². The molecule has 2 aliphatic rings. The fraction of sp³-hybridized carbons (Fsp3) is 0.208. The number of ether oxygens (including phenoxy) is 2. The minimum Gasteiger partial charge on any atom is -0.507 e. The maximum absolute atomic E-state index is 13.2.